The van der Waals surface area contributed by atoms with E-state index in [1.54, 1.807) is 17.9 Å². The molecular weight excluding hydrogens is 467 g/mol. The number of ketones is 1. The number of aryl methyl sites for hydroxylation is 1. The minimum absolute atomic E-state index is 0.0226. The predicted octanol–water partition coefficient (Wildman–Crippen LogP) is 7.22. The Morgan fingerprint density at radius 3 is 2.35 bits per heavy atom. The lowest BCUT2D eigenvalue weighted by atomic mass is 9.78. The van der Waals surface area contributed by atoms with Crippen LogP contribution in [0.4, 0.5) is 11.4 Å². The van der Waals surface area contributed by atoms with E-state index in [2.05, 4.69) is 5.32 Å². The van der Waals surface area contributed by atoms with Crippen LogP contribution in [-0.2, 0) is 9.59 Å². The Balaban J connectivity index is 1.68. The van der Waals surface area contributed by atoms with E-state index >= 15 is 0 Å². The molecule has 2 aliphatic rings. The van der Waals surface area contributed by atoms with Crippen molar-refractivity contribution in [2.45, 2.75) is 38.6 Å². The molecule has 1 heterocycles. The average molecular weight is 491 g/mol. The largest absolute Gasteiger partial charge is 0.357 e. The second-order valence-electron chi connectivity index (χ2n) is 8.94. The summed E-state index contributed by atoms with van der Waals surface area (Å²) in [6.45, 7) is 3.57. The maximum absolute atomic E-state index is 13.8. The quantitative estimate of drug-likeness (QED) is 0.412. The normalized spacial score (nSPS) is 19.8. The van der Waals surface area contributed by atoms with Gasteiger partial charge in [-0.3, -0.25) is 14.5 Å². The molecule has 6 heteroatoms. The van der Waals surface area contributed by atoms with Gasteiger partial charge in [-0.1, -0.05) is 71.2 Å². The van der Waals surface area contributed by atoms with Crippen molar-refractivity contribution in [1.82, 2.24) is 0 Å². The van der Waals surface area contributed by atoms with Gasteiger partial charge in [0, 0.05) is 24.6 Å². The SMILES string of the molecule is CC(=O)N1c2ccccc2NC2=C(C(=O)C[C@@H](c3ccc(Cl)c(Cl)c3)C2)[C@H]1c1ccc(C)cc1. The number of hydrogen-bond acceptors (Lipinski definition) is 3. The molecule has 1 aliphatic carbocycles. The lowest BCUT2D eigenvalue weighted by molar-refractivity contribution is -0.117. The number of fused-ring (bicyclic) bond motifs is 1. The Bertz CT molecular complexity index is 1330. The third-order valence-corrected chi connectivity index (χ3v) is 7.38. The van der Waals surface area contributed by atoms with Gasteiger partial charge in [-0.25, -0.2) is 0 Å². The molecule has 5 rings (SSSR count). The van der Waals surface area contributed by atoms with Crippen molar-refractivity contribution in [2.24, 2.45) is 0 Å². The molecular formula is C28H24Cl2N2O2. The molecule has 172 valence electrons. The van der Waals surface area contributed by atoms with Crippen LogP contribution >= 0.6 is 23.2 Å². The number of hydrogen-bond donors (Lipinski definition) is 1. The van der Waals surface area contributed by atoms with Crippen LogP contribution in [0.2, 0.25) is 10.0 Å². The van der Waals surface area contributed by atoms with Crippen molar-refractivity contribution in [1.29, 1.82) is 0 Å². The van der Waals surface area contributed by atoms with Gasteiger partial charge in [0.1, 0.15) is 0 Å². The number of para-hydroxylation sites is 2. The van der Waals surface area contributed by atoms with Gasteiger partial charge < -0.3 is 5.32 Å². The molecule has 3 aromatic rings. The minimum Gasteiger partial charge on any atom is -0.357 e. The molecule has 34 heavy (non-hydrogen) atoms. The highest BCUT2D eigenvalue weighted by atomic mass is 35.5. The van der Waals surface area contributed by atoms with Gasteiger partial charge >= 0.3 is 0 Å². The smallest absolute Gasteiger partial charge is 0.224 e. The number of benzene rings is 3. The van der Waals surface area contributed by atoms with E-state index < -0.39 is 6.04 Å². The number of Topliss-reactive ketones (excluding diaryl/α,β-unsaturated/α-hetero) is 1. The lowest BCUT2D eigenvalue weighted by Crippen LogP contribution is -2.37. The first kappa shape index (κ1) is 22.7. The molecule has 0 bridgehead atoms. The van der Waals surface area contributed by atoms with Gasteiger partial charge in [0.25, 0.3) is 0 Å². The van der Waals surface area contributed by atoms with E-state index in [4.69, 9.17) is 23.2 Å². The Hall–Kier alpha value is -3.08. The number of rotatable bonds is 2. The van der Waals surface area contributed by atoms with E-state index in [9.17, 15) is 9.59 Å². The molecule has 0 saturated carbocycles. The third kappa shape index (κ3) is 4.02. The molecule has 0 fully saturated rings. The minimum atomic E-state index is -0.508. The molecule has 2 atom stereocenters. The molecule has 3 aromatic carbocycles. The molecule has 1 amide bonds. The number of carbonyl (C=O) groups excluding carboxylic acids is 2. The highest BCUT2D eigenvalue weighted by Gasteiger charge is 2.40. The molecule has 1 aliphatic heterocycles. The molecule has 1 N–H and O–H groups in total. The van der Waals surface area contributed by atoms with Crippen LogP contribution in [0.5, 0.6) is 0 Å². The number of nitrogens with zero attached hydrogens (tertiary/aromatic N) is 1. The summed E-state index contributed by atoms with van der Waals surface area (Å²) < 4.78 is 0. The molecule has 4 nitrogen and oxygen atoms in total. The zero-order valence-corrected chi connectivity index (χ0v) is 20.5. The highest BCUT2D eigenvalue weighted by molar-refractivity contribution is 6.42. The summed E-state index contributed by atoms with van der Waals surface area (Å²) in [5.74, 6) is -0.134. The number of halogens is 2. The Labute approximate surface area is 209 Å². The predicted molar refractivity (Wildman–Crippen MR) is 138 cm³/mol. The second kappa shape index (κ2) is 8.94. The Morgan fingerprint density at radius 2 is 1.65 bits per heavy atom. The van der Waals surface area contributed by atoms with Gasteiger partial charge in [0.2, 0.25) is 5.91 Å². The van der Waals surface area contributed by atoms with Gasteiger partial charge in [0.15, 0.2) is 5.78 Å². The number of allylic oxidation sites excluding steroid dienone is 1. The van der Waals surface area contributed by atoms with Crippen LogP contribution < -0.4 is 10.2 Å². The maximum Gasteiger partial charge on any atom is 0.224 e. The summed E-state index contributed by atoms with van der Waals surface area (Å²) in [5.41, 5.74) is 6.06. The fourth-order valence-corrected chi connectivity index (χ4v) is 5.31. The third-order valence-electron chi connectivity index (χ3n) is 6.64. The molecule has 0 radical (unpaired) electrons. The Morgan fingerprint density at radius 1 is 0.941 bits per heavy atom. The van der Waals surface area contributed by atoms with Crippen LogP contribution in [0, 0.1) is 6.92 Å². The second-order valence-corrected chi connectivity index (χ2v) is 9.75. The summed E-state index contributed by atoms with van der Waals surface area (Å²) in [6, 6.07) is 20.8. The summed E-state index contributed by atoms with van der Waals surface area (Å²) in [7, 11) is 0. The molecule has 0 unspecified atom stereocenters. The van der Waals surface area contributed by atoms with Gasteiger partial charge in [0.05, 0.1) is 27.5 Å². The van der Waals surface area contributed by atoms with E-state index in [0.29, 0.717) is 28.5 Å². The number of amides is 1. The average Bonchev–Trinajstić information content (AvgIpc) is 2.96. The van der Waals surface area contributed by atoms with Gasteiger partial charge in [-0.2, -0.15) is 0 Å². The summed E-state index contributed by atoms with van der Waals surface area (Å²) in [4.78, 5) is 28.6. The van der Waals surface area contributed by atoms with Crippen molar-refractivity contribution in [2.75, 3.05) is 10.2 Å². The first-order chi connectivity index (χ1) is 16.3. The van der Waals surface area contributed by atoms with Gasteiger partial charge in [-0.05, 0) is 54.7 Å². The maximum atomic E-state index is 13.8. The van der Waals surface area contributed by atoms with Crippen molar-refractivity contribution < 1.29 is 9.59 Å². The number of anilines is 2. The Kier molecular flexibility index (Phi) is 5.97. The zero-order chi connectivity index (χ0) is 24.0. The van der Waals surface area contributed by atoms with E-state index in [1.807, 2.05) is 67.6 Å². The van der Waals surface area contributed by atoms with E-state index in [1.165, 1.54) is 0 Å². The lowest BCUT2D eigenvalue weighted by Gasteiger charge is -2.34. The van der Waals surface area contributed by atoms with Crippen LogP contribution in [0.15, 0.2) is 78.0 Å². The first-order valence-electron chi connectivity index (χ1n) is 11.3. The van der Waals surface area contributed by atoms with Crippen molar-refractivity contribution in [3.8, 4) is 0 Å². The molecule has 0 aromatic heterocycles. The topological polar surface area (TPSA) is 49.4 Å². The van der Waals surface area contributed by atoms with Crippen LogP contribution in [0.25, 0.3) is 0 Å². The van der Waals surface area contributed by atoms with Crippen LogP contribution in [0.3, 0.4) is 0 Å². The monoisotopic (exact) mass is 490 g/mol. The highest BCUT2D eigenvalue weighted by Crippen LogP contribution is 2.47. The standard InChI is InChI=1S/C28H24Cl2N2O2/c1-16-7-9-18(10-8-16)28-27-24(31-23-5-3-4-6-25(23)32(28)17(2)33)14-20(15-26(27)34)19-11-12-21(29)22(30)13-19/h3-13,20,28,31H,14-15H2,1-2H3/t20-,28+/m0/s1. The zero-order valence-electron chi connectivity index (χ0n) is 18.9. The number of carbonyl (C=O) groups is 2. The molecule has 0 saturated heterocycles. The summed E-state index contributed by atoms with van der Waals surface area (Å²) in [6.07, 6.45) is 0.963. The van der Waals surface area contributed by atoms with E-state index in [0.717, 1.165) is 33.8 Å². The first-order valence-corrected chi connectivity index (χ1v) is 12.0. The van der Waals surface area contributed by atoms with Crippen LogP contribution in [-0.4, -0.2) is 11.7 Å². The van der Waals surface area contributed by atoms with Crippen molar-refractivity contribution in [3.63, 3.8) is 0 Å². The fourth-order valence-electron chi connectivity index (χ4n) is 5.00. The van der Waals surface area contributed by atoms with Gasteiger partial charge in [-0.15, -0.1) is 0 Å². The van der Waals surface area contributed by atoms with Crippen LogP contribution in [0.1, 0.15) is 48.4 Å². The fraction of sp³-hybridized carbons (Fsp3) is 0.214. The number of nitrogens with one attached hydrogen (secondary N) is 1. The van der Waals surface area contributed by atoms with Crippen molar-refractivity contribution >= 4 is 46.3 Å². The van der Waals surface area contributed by atoms with Crippen molar-refractivity contribution in [3.05, 3.63) is 105 Å². The molecule has 0 spiro atoms. The summed E-state index contributed by atoms with van der Waals surface area (Å²) in [5, 5.41) is 4.49. The van der Waals surface area contributed by atoms with E-state index in [-0.39, 0.29) is 17.6 Å². The summed E-state index contributed by atoms with van der Waals surface area (Å²) >= 11 is 12.4.